The van der Waals surface area contributed by atoms with E-state index < -0.39 is 29.1 Å². The number of amides is 4. The van der Waals surface area contributed by atoms with Crippen LogP contribution < -0.4 is 19.9 Å². The van der Waals surface area contributed by atoms with E-state index in [1.54, 1.807) is 25.9 Å². The molecule has 4 atom stereocenters. The molecule has 0 radical (unpaired) electrons. The molecule has 0 bridgehead atoms. The lowest BCUT2D eigenvalue weighted by atomic mass is 9.86. The minimum atomic E-state index is -1.03. The summed E-state index contributed by atoms with van der Waals surface area (Å²) in [7, 11) is 1.64. The van der Waals surface area contributed by atoms with Crippen molar-refractivity contribution < 1.29 is 33.4 Å². The van der Waals surface area contributed by atoms with Gasteiger partial charge in [0.2, 0.25) is 11.8 Å². The number of likely N-dealkylation sites (tertiary alicyclic amines) is 1. The monoisotopic (exact) mass is 716 g/mol. The van der Waals surface area contributed by atoms with Crippen LogP contribution in [0.15, 0.2) is 42.5 Å². The van der Waals surface area contributed by atoms with E-state index >= 15 is 0 Å². The highest BCUT2D eigenvalue weighted by Gasteiger charge is 2.46. The highest BCUT2D eigenvalue weighted by molar-refractivity contribution is 6.04. The van der Waals surface area contributed by atoms with Gasteiger partial charge in [0.1, 0.15) is 11.4 Å². The lowest BCUT2D eigenvalue weighted by Gasteiger charge is -2.41. The van der Waals surface area contributed by atoms with E-state index in [4.69, 9.17) is 14.2 Å². The van der Waals surface area contributed by atoms with Gasteiger partial charge in [-0.15, -0.1) is 0 Å². The van der Waals surface area contributed by atoms with Crippen molar-refractivity contribution in [3.63, 3.8) is 0 Å². The van der Waals surface area contributed by atoms with Gasteiger partial charge in [0.15, 0.2) is 5.60 Å². The summed E-state index contributed by atoms with van der Waals surface area (Å²) in [6.45, 7) is 12.4. The van der Waals surface area contributed by atoms with E-state index in [9.17, 15) is 19.2 Å². The second-order valence-electron chi connectivity index (χ2n) is 16.5. The molecule has 2 heterocycles. The summed E-state index contributed by atoms with van der Waals surface area (Å²) in [4.78, 5) is 61.2. The predicted octanol–water partition coefficient (Wildman–Crippen LogP) is 6.43. The maximum atomic E-state index is 14.8. The second-order valence-corrected chi connectivity index (χ2v) is 16.5. The van der Waals surface area contributed by atoms with Crippen LogP contribution in [-0.4, -0.2) is 79.3 Å². The largest absolute Gasteiger partial charge is 0.476 e. The number of nitrogens with one attached hydrogen (secondary N) is 1. The minimum absolute atomic E-state index is 0.0156. The highest BCUT2D eigenvalue weighted by atomic mass is 16.6. The SMILES string of the molecule is CCC[C@H]1Cc2ccccc2[C@@H]1NC(=O)[C@H]1C[C@@H](C(=O)N(c2ccc3c(c2)N(CCCOC)C(=O)C(C)(C)O3)C2CC2)CN(C(=O)OC(C)(C)C)C1. The zero-order chi connectivity index (χ0) is 37.4. The molecule has 1 N–H and O–H groups in total. The Kier molecular flexibility index (Phi) is 10.9. The van der Waals surface area contributed by atoms with Gasteiger partial charge in [0.25, 0.3) is 5.91 Å². The third-order valence-corrected chi connectivity index (χ3v) is 10.6. The van der Waals surface area contributed by atoms with Gasteiger partial charge in [-0.3, -0.25) is 14.4 Å². The third kappa shape index (κ3) is 8.09. The zero-order valence-corrected chi connectivity index (χ0v) is 31.9. The summed E-state index contributed by atoms with van der Waals surface area (Å²) in [5.74, 6) is -0.806. The Labute approximate surface area is 308 Å². The molecular formula is C41H56N4O7. The van der Waals surface area contributed by atoms with Crippen LogP contribution in [0, 0.1) is 17.8 Å². The van der Waals surface area contributed by atoms with Gasteiger partial charge in [-0.25, -0.2) is 4.79 Å². The molecule has 4 aliphatic rings. The standard InChI is InChI=1S/C41H56N4O7/c1-8-12-27-21-26-13-9-10-14-32(26)35(27)42-36(46)28-22-29(25-43(24-28)39(49)52-40(2,3)4)37(47)45(30-15-16-30)31-17-18-34-33(23-31)44(19-11-20-50-7)38(48)41(5,6)51-34/h9-10,13-14,17-18,23,27-30,35H,8,11-12,15-16,19-22,24-25H2,1-7H3,(H,42,46)/t27-,28-,29+,35+/m0/s1. The third-order valence-electron chi connectivity index (χ3n) is 10.6. The normalized spacial score (nSPS) is 23.7. The van der Waals surface area contributed by atoms with Gasteiger partial charge in [0, 0.05) is 45.1 Å². The summed E-state index contributed by atoms with van der Waals surface area (Å²) < 4.78 is 17.2. The number of nitrogens with zero attached hydrogens (tertiary/aromatic N) is 3. The molecule has 2 fully saturated rings. The predicted molar refractivity (Wildman–Crippen MR) is 199 cm³/mol. The van der Waals surface area contributed by atoms with Gasteiger partial charge in [-0.05, 0) is 108 Å². The molecule has 0 unspecified atom stereocenters. The van der Waals surface area contributed by atoms with Gasteiger partial charge < -0.3 is 34.2 Å². The molecule has 2 aliphatic carbocycles. The number of benzene rings is 2. The molecule has 11 nitrogen and oxygen atoms in total. The Balaban J connectivity index is 1.28. The first kappa shape index (κ1) is 37.6. The molecule has 6 rings (SSSR count). The van der Waals surface area contributed by atoms with Crippen molar-refractivity contribution in [3.8, 4) is 5.75 Å². The van der Waals surface area contributed by atoms with Gasteiger partial charge >= 0.3 is 6.09 Å². The molecule has 11 heteroatoms. The molecule has 1 saturated carbocycles. The number of rotatable bonds is 11. The molecule has 2 aromatic carbocycles. The van der Waals surface area contributed by atoms with Crippen molar-refractivity contribution >= 4 is 35.2 Å². The Morgan fingerprint density at radius 3 is 2.48 bits per heavy atom. The highest BCUT2D eigenvalue weighted by Crippen LogP contribution is 2.44. The van der Waals surface area contributed by atoms with Crippen LogP contribution >= 0.6 is 0 Å². The number of anilines is 2. The van der Waals surface area contributed by atoms with E-state index in [2.05, 4.69) is 24.4 Å². The fourth-order valence-electron chi connectivity index (χ4n) is 8.07. The maximum absolute atomic E-state index is 14.8. The Morgan fingerprint density at radius 1 is 1.06 bits per heavy atom. The number of carbonyl (C=O) groups is 4. The van der Waals surface area contributed by atoms with Crippen molar-refractivity contribution in [3.05, 3.63) is 53.6 Å². The van der Waals surface area contributed by atoms with Crippen molar-refractivity contribution in [1.82, 2.24) is 10.2 Å². The van der Waals surface area contributed by atoms with Crippen LogP contribution in [0.4, 0.5) is 16.2 Å². The Bertz CT molecular complexity index is 1660. The Hall–Kier alpha value is -4.12. The first-order valence-corrected chi connectivity index (χ1v) is 19.0. The molecular weight excluding hydrogens is 660 g/mol. The topological polar surface area (TPSA) is 118 Å². The molecule has 0 spiro atoms. The van der Waals surface area contributed by atoms with Crippen molar-refractivity contribution in [2.24, 2.45) is 17.8 Å². The molecule has 282 valence electrons. The number of hydrogen-bond acceptors (Lipinski definition) is 7. The second kappa shape index (κ2) is 15.1. The van der Waals surface area contributed by atoms with Crippen LogP contribution in [0.25, 0.3) is 0 Å². The van der Waals surface area contributed by atoms with Crippen molar-refractivity contribution in [1.29, 1.82) is 0 Å². The molecule has 1 saturated heterocycles. The van der Waals surface area contributed by atoms with Crippen LogP contribution in [-0.2, 0) is 30.3 Å². The maximum Gasteiger partial charge on any atom is 0.410 e. The minimum Gasteiger partial charge on any atom is -0.476 e. The first-order valence-electron chi connectivity index (χ1n) is 19.0. The number of piperidine rings is 1. The van der Waals surface area contributed by atoms with Crippen LogP contribution in [0.1, 0.15) is 97.2 Å². The molecule has 4 amide bonds. The summed E-state index contributed by atoms with van der Waals surface area (Å²) in [5.41, 5.74) is 1.92. The lowest BCUT2D eigenvalue weighted by molar-refractivity contribution is -0.133. The van der Waals surface area contributed by atoms with Crippen LogP contribution in [0.2, 0.25) is 0 Å². The average Bonchev–Trinajstić information content (AvgIpc) is 3.87. The smallest absolute Gasteiger partial charge is 0.410 e. The van der Waals surface area contributed by atoms with E-state index in [1.165, 1.54) is 10.5 Å². The molecule has 2 aromatic rings. The summed E-state index contributed by atoms with van der Waals surface area (Å²) in [5, 5.41) is 3.37. The van der Waals surface area contributed by atoms with Crippen molar-refractivity contribution in [2.45, 2.75) is 110 Å². The van der Waals surface area contributed by atoms with Gasteiger partial charge in [0.05, 0.1) is 23.6 Å². The fourth-order valence-corrected chi connectivity index (χ4v) is 8.07. The molecule has 0 aromatic heterocycles. The van der Waals surface area contributed by atoms with Crippen molar-refractivity contribution in [2.75, 3.05) is 43.2 Å². The van der Waals surface area contributed by atoms with E-state index in [1.807, 2.05) is 56.0 Å². The quantitative estimate of drug-likeness (QED) is 0.267. The average molecular weight is 717 g/mol. The number of carbonyl (C=O) groups excluding carboxylic acids is 4. The number of methoxy groups -OCH3 is 1. The summed E-state index contributed by atoms with van der Waals surface area (Å²) >= 11 is 0. The van der Waals surface area contributed by atoms with Crippen LogP contribution in [0.5, 0.6) is 5.75 Å². The molecule has 52 heavy (non-hydrogen) atoms. The Morgan fingerprint density at radius 2 is 1.79 bits per heavy atom. The van der Waals surface area contributed by atoms with E-state index in [0.29, 0.717) is 49.0 Å². The van der Waals surface area contributed by atoms with E-state index in [0.717, 1.165) is 37.7 Å². The van der Waals surface area contributed by atoms with Gasteiger partial charge in [-0.1, -0.05) is 37.6 Å². The number of ether oxygens (including phenoxy) is 3. The first-order chi connectivity index (χ1) is 24.7. The van der Waals surface area contributed by atoms with E-state index in [-0.39, 0.29) is 42.9 Å². The lowest BCUT2D eigenvalue weighted by Crippen LogP contribution is -2.54. The number of fused-ring (bicyclic) bond motifs is 2. The number of hydrogen-bond donors (Lipinski definition) is 1. The molecule has 2 aliphatic heterocycles. The summed E-state index contributed by atoms with van der Waals surface area (Å²) in [6, 6.07) is 13.7. The van der Waals surface area contributed by atoms with Crippen LogP contribution in [0.3, 0.4) is 0 Å². The van der Waals surface area contributed by atoms with Gasteiger partial charge in [-0.2, -0.15) is 0 Å². The zero-order valence-electron chi connectivity index (χ0n) is 31.9. The summed E-state index contributed by atoms with van der Waals surface area (Å²) in [6.07, 6.45) is 5.03. The fraction of sp³-hybridized carbons (Fsp3) is 0.610.